The lowest BCUT2D eigenvalue weighted by molar-refractivity contribution is -0.0644. The molecule has 2 atom stereocenters. The predicted octanol–water partition coefficient (Wildman–Crippen LogP) is 1.53. The smallest absolute Gasteiger partial charge is 0.382 e. The Kier molecular flexibility index (Phi) is 9.25. The van der Waals surface area contributed by atoms with Crippen LogP contribution in [0.1, 0.15) is 12.8 Å². The zero-order valence-corrected chi connectivity index (χ0v) is 15.0. The van der Waals surface area contributed by atoms with Crippen LogP contribution < -0.4 is 0 Å². The normalized spacial score (nSPS) is 16.5. The van der Waals surface area contributed by atoms with E-state index in [-0.39, 0.29) is 13.0 Å². The number of rotatable bonds is 11. The first-order valence-electron chi connectivity index (χ1n) is 6.54. The number of hydrogen-bond acceptors (Lipinski definition) is 8. The Labute approximate surface area is 145 Å². The van der Waals surface area contributed by atoms with E-state index < -0.39 is 56.5 Å². The van der Waals surface area contributed by atoms with Gasteiger partial charge in [-0.25, -0.2) is 0 Å². The molecule has 0 aromatic heterocycles. The Balaban J connectivity index is 5.23. The van der Waals surface area contributed by atoms with E-state index >= 15 is 0 Å². The van der Waals surface area contributed by atoms with Gasteiger partial charge in [0, 0.05) is 14.2 Å². The summed E-state index contributed by atoms with van der Waals surface area (Å²) in [5.74, 6) is 0. The molecule has 0 aliphatic carbocycles. The Morgan fingerprint density at radius 3 is 1.62 bits per heavy atom. The highest BCUT2D eigenvalue weighted by molar-refractivity contribution is 7.88. The summed E-state index contributed by atoms with van der Waals surface area (Å²) in [5, 5.41) is 0. The molecule has 0 radical (unpaired) electrons. The van der Waals surface area contributed by atoms with Crippen LogP contribution in [0.2, 0.25) is 0 Å². The van der Waals surface area contributed by atoms with Gasteiger partial charge in [0.1, 0.15) is 6.10 Å². The molecular weight excluding hydrogens is 426 g/mol. The van der Waals surface area contributed by atoms with Gasteiger partial charge in [-0.3, -0.25) is 8.37 Å². The Morgan fingerprint density at radius 1 is 0.769 bits per heavy atom. The minimum absolute atomic E-state index is 0.0725. The van der Waals surface area contributed by atoms with Gasteiger partial charge in [0.15, 0.2) is 0 Å². The molecule has 0 aromatic carbocycles. The van der Waals surface area contributed by atoms with E-state index in [1.54, 1.807) is 0 Å². The fourth-order valence-corrected chi connectivity index (χ4v) is 2.54. The maximum absolute atomic E-state index is 12.3. The van der Waals surface area contributed by atoms with Gasteiger partial charge in [-0.15, -0.1) is 0 Å². The van der Waals surface area contributed by atoms with E-state index in [0.29, 0.717) is 0 Å². The predicted molar refractivity (Wildman–Crippen MR) is 72.7 cm³/mol. The van der Waals surface area contributed by atoms with Gasteiger partial charge in [-0.05, 0) is 12.8 Å². The van der Waals surface area contributed by atoms with Crippen LogP contribution >= 0.6 is 0 Å². The first-order chi connectivity index (χ1) is 11.6. The minimum Gasteiger partial charge on any atom is -0.382 e. The molecule has 26 heavy (non-hydrogen) atoms. The number of hydrogen-bond donors (Lipinski definition) is 0. The third kappa shape index (κ3) is 7.91. The molecule has 0 N–H and O–H groups in total. The largest absolute Gasteiger partial charge is 0.523 e. The van der Waals surface area contributed by atoms with Crippen molar-refractivity contribution < 1.29 is 61.0 Å². The second-order valence-corrected chi connectivity index (χ2v) is 7.86. The van der Waals surface area contributed by atoms with Crippen LogP contribution in [0.4, 0.5) is 26.3 Å². The zero-order valence-electron chi connectivity index (χ0n) is 13.3. The van der Waals surface area contributed by atoms with Gasteiger partial charge >= 0.3 is 31.3 Å². The Hall–Kier alpha value is -0.680. The standard InChI is InChI=1S/C10H16F6O8S2/c1-21-5-7(22-2)3-4-8(24-26(19,20)10(14,15)16)6-23-25(17,18)9(11,12)13/h7-8H,3-6H2,1-2H3/t7-,8+/m0/s1. The van der Waals surface area contributed by atoms with E-state index in [2.05, 4.69) is 8.37 Å². The van der Waals surface area contributed by atoms with Crippen molar-refractivity contribution in [2.75, 3.05) is 27.4 Å². The van der Waals surface area contributed by atoms with E-state index in [4.69, 9.17) is 9.47 Å². The van der Waals surface area contributed by atoms with Gasteiger partial charge < -0.3 is 9.47 Å². The van der Waals surface area contributed by atoms with Gasteiger partial charge in [0.2, 0.25) is 0 Å². The van der Waals surface area contributed by atoms with Gasteiger partial charge in [0.05, 0.1) is 19.3 Å². The highest BCUT2D eigenvalue weighted by Gasteiger charge is 2.50. The third-order valence-corrected chi connectivity index (χ3v) is 4.84. The Bertz CT molecular complexity index is 627. The van der Waals surface area contributed by atoms with Crippen molar-refractivity contribution in [2.45, 2.75) is 36.1 Å². The summed E-state index contributed by atoms with van der Waals surface area (Å²) in [6.45, 7) is -1.68. The molecule has 16 heteroatoms. The fraction of sp³-hybridized carbons (Fsp3) is 1.00. The maximum Gasteiger partial charge on any atom is 0.523 e. The molecule has 0 aliphatic heterocycles. The van der Waals surface area contributed by atoms with E-state index in [1.807, 2.05) is 0 Å². The average molecular weight is 442 g/mol. The summed E-state index contributed by atoms with van der Waals surface area (Å²) < 4.78 is 134. The second kappa shape index (κ2) is 9.50. The SMILES string of the molecule is COC[C@H](CC[C@H](COS(=O)(=O)C(F)(F)F)OS(=O)(=O)C(F)(F)F)OC. The molecule has 0 amide bonds. The van der Waals surface area contributed by atoms with Gasteiger partial charge in [-0.1, -0.05) is 0 Å². The summed E-state index contributed by atoms with van der Waals surface area (Å²) in [4.78, 5) is 0. The first-order valence-corrected chi connectivity index (χ1v) is 9.36. The highest BCUT2D eigenvalue weighted by atomic mass is 32.2. The van der Waals surface area contributed by atoms with Gasteiger partial charge in [-0.2, -0.15) is 43.2 Å². The molecule has 0 heterocycles. The molecule has 0 bridgehead atoms. The monoisotopic (exact) mass is 442 g/mol. The molecule has 0 saturated heterocycles. The van der Waals surface area contributed by atoms with Crippen LogP contribution in [0.25, 0.3) is 0 Å². The lowest BCUT2D eigenvalue weighted by Gasteiger charge is -2.21. The van der Waals surface area contributed by atoms with Crippen molar-refractivity contribution in [2.24, 2.45) is 0 Å². The fourth-order valence-electron chi connectivity index (χ4n) is 1.45. The number of methoxy groups -OCH3 is 2. The summed E-state index contributed by atoms with van der Waals surface area (Å²) in [6.07, 6.45) is -3.80. The molecule has 8 nitrogen and oxygen atoms in total. The topological polar surface area (TPSA) is 105 Å². The second-order valence-electron chi connectivity index (χ2n) is 4.69. The van der Waals surface area contributed by atoms with Crippen LogP contribution in [-0.4, -0.2) is 67.5 Å². The third-order valence-electron chi connectivity index (χ3n) is 2.74. The average Bonchev–Trinajstić information content (AvgIpc) is 2.46. The van der Waals surface area contributed by atoms with Crippen LogP contribution in [-0.2, 0) is 38.1 Å². The van der Waals surface area contributed by atoms with E-state index in [1.165, 1.54) is 14.2 Å². The lowest BCUT2D eigenvalue weighted by Crippen LogP contribution is -2.35. The Morgan fingerprint density at radius 2 is 1.23 bits per heavy atom. The molecule has 0 unspecified atom stereocenters. The van der Waals surface area contributed by atoms with Crippen molar-refractivity contribution in [3.63, 3.8) is 0 Å². The number of alkyl halides is 6. The molecule has 0 aromatic rings. The summed E-state index contributed by atoms with van der Waals surface area (Å²) in [7, 11) is -9.90. The van der Waals surface area contributed by atoms with E-state index in [0.717, 1.165) is 0 Å². The number of ether oxygens (including phenoxy) is 2. The van der Waals surface area contributed by atoms with Crippen LogP contribution in [0.15, 0.2) is 0 Å². The van der Waals surface area contributed by atoms with Crippen LogP contribution in [0, 0.1) is 0 Å². The minimum atomic E-state index is -6.20. The molecule has 158 valence electrons. The number of halogens is 6. The zero-order chi connectivity index (χ0) is 20.8. The van der Waals surface area contributed by atoms with Crippen molar-refractivity contribution in [1.82, 2.24) is 0 Å². The van der Waals surface area contributed by atoms with Crippen molar-refractivity contribution >= 4 is 20.2 Å². The molecule has 0 saturated carbocycles. The molecule has 0 aliphatic rings. The molecular formula is C10H16F6O8S2. The van der Waals surface area contributed by atoms with Crippen molar-refractivity contribution in [1.29, 1.82) is 0 Å². The van der Waals surface area contributed by atoms with Crippen molar-refractivity contribution in [3.05, 3.63) is 0 Å². The first kappa shape index (κ1) is 25.3. The van der Waals surface area contributed by atoms with Crippen molar-refractivity contribution in [3.8, 4) is 0 Å². The molecule has 0 rings (SSSR count). The maximum atomic E-state index is 12.3. The summed E-state index contributed by atoms with van der Waals surface area (Å²) >= 11 is 0. The quantitative estimate of drug-likeness (QED) is 0.270. The highest BCUT2D eigenvalue weighted by Crippen LogP contribution is 2.28. The summed E-state index contributed by atoms with van der Waals surface area (Å²) in [6, 6.07) is 0. The van der Waals surface area contributed by atoms with E-state index in [9.17, 15) is 43.2 Å². The summed E-state index contributed by atoms with van der Waals surface area (Å²) in [5.41, 5.74) is -11.7. The lowest BCUT2D eigenvalue weighted by atomic mass is 10.1. The van der Waals surface area contributed by atoms with Gasteiger partial charge in [0.25, 0.3) is 0 Å². The van der Waals surface area contributed by atoms with Crippen LogP contribution in [0.3, 0.4) is 0 Å². The van der Waals surface area contributed by atoms with Crippen LogP contribution in [0.5, 0.6) is 0 Å². The molecule has 0 spiro atoms. The molecule has 0 fully saturated rings.